The smallest absolute Gasteiger partial charge is 0.255 e. The summed E-state index contributed by atoms with van der Waals surface area (Å²) in [6.07, 6.45) is 3.56. The molecule has 2 aromatic rings. The van der Waals surface area contributed by atoms with Gasteiger partial charge in [-0.25, -0.2) is 4.98 Å². The maximum Gasteiger partial charge on any atom is 0.255 e. The van der Waals surface area contributed by atoms with E-state index in [0.29, 0.717) is 24.0 Å². The first kappa shape index (κ1) is 18.2. The molecule has 1 aliphatic rings. The van der Waals surface area contributed by atoms with Crippen LogP contribution < -0.4 is 20.7 Å². The third kappa shape index (κ3) is 4.73. The zero-order chi connectivity index (χ0) is 18.4. The van der Waals surface area contributed by atoms with E-state index in [0.717, 1.165) is 30.8 Å². The van der Waals surface area contributed by atoms with E-state index in [9.17, 15) is 4.79 Å². The molecule has 0 radical (unpaired) electrons. The number of carbonyl (C=O) groups is 1. The molecule has 138 valence electrons. The van der Waals surface area contributed by atoms with Gasteiger partial charge >= 0.3 is 0 Å². The van der Waals surface area contributed by atoms with Crippen molar-refractivity contribution in [3.8, 4) is 5.75 Å². The van der Waals surface area contributed by atoms with Gasteiger partial charge < -0.3 is 20.7 Å². The molecule has 6 heteroatoms. The lowest BCUT2D eigenvalue weighted by Gasteiger charge is -2.28. The Balaban J connectivity index is 1.70. The summed E-state index contributed by atoms with van der Waals surface area (Å²) in [5.74, 6) is 1.28. The highest BCUT2D eigenvalue weighted by Crippen LogP contribution is 2.21. The Labute approximate surface area is 154 Å². The van der Waals surface area contributed by atoms with Crippen molar-refractivity contribution in [1.82, 2.24) is 15.6 Å². The Bertz CT molecular complexity index is 733. The van der Waals surface area contributed by atoms with Gasteiger partial charge in [-0.05, 0) is 69.6 Å². The number of hydrogen-bond acceptors (Lipinski definition) is 5. The van der Waals surface area contributed by atoms with Gasteiger partial charge in [-0.2, -0.15) is 0 Å². The molecule has 0 bridgehead atoms. The molecule has 1 aromatic carbocycles. The third-order valence-corrected chi connectivity index (χ3v) is 4.44. The van der Waals surface area contributed by atoms with E-state index in [1.54, 1.807) is 18.3 Å². The van der Waals surface area contributed by atoms with Gasteiger partial charge in [0.2, 0.25) is 0 Å². The van der Waals surface area contributed by atoms with Crippen LogP contribution in [0.3, 0.4) is 0 Å². The van der Waals surface area contributed by atoms with Gasteiger partial charge in [0, 0.05) is 24.0 Å². The van der Waals surface area contributed by atoms with Crippen molar-refractivity contribution < 1.29 is 9.53 Å². The van der Waals surface area contributed by atoms with Gasteiger partial charge in [-0.15, -0.1) is 0 Å². The van der Waals surface area contributed by atoms with Gasteiger partial charge in [0.15, 0.2) is 0 Å². The summed E-state index contributed by atoms with van der Waals surface area (Å²) in [5.41, 5.74) is 1.41. The highest BCUT2D eigenvalue weighted by Gasteiger charge is 2.22. The summed E-state index contributed by atoms with van der Waals surface area (Å²) in [5, 5.41) is 9.76. The number of nitrogens with one attached hydrogen (secondary N) is 3. The molecule has 1 amide bonds. The Kier molecular flexibility index (Phi) is 6.07. The Morgan fingerprint density at radius 1 is 1.31 bits per heavy atom. The van der Waals surface area contributed by atoms with Crippen molar-refractivity contribution in [2.75, 3.05) is 18.5 Å². The molecule has 6 nitrogen and oxygen atoms in total. The van der Waals surface area contributed by atoms with E-state index in [4.69, 9.17) is 4.74 Å². The Morgan fingerprint density at radius 3 is 2.85 bits per heavy atom. The van der Waals surface area contributed by atoms with Crippen LogP contribution in [0.4, 0.5) is 11.5 Å². The zero-order valence-corrected chi connectivity index (χ0v) is 15.3. The van der Waals surface area contributed by atoms with Crippen LogP contribution >= 0.6 is 0 Å². The normalized spacial score (nSPS) is 19.6. The number of amides is 1. The Morgan fingerprint density at radius 2 is 2.12 bits per heavy atom. The molecule has 1 fully saturated rings. The average Bonchev–Trinajstić information content (AvgIpc) is 2.64. The van der Waals surface area contributed by atoms with E-state index in [1.165, 1.54) is 0 Å². The van der Waals surface area contributed by atoms with E-state index in [1.807, 2.05) is 31.2 Å². The number of benzene rings is 1. The molecule has 0 aliphatic carbocycles. The fourth-order valence-corrected chi connectivity index (χ4v) is 3.15. The predicted molar refractivity (Wildman–Crippen MR) is 103 cm³/mol. The minimum absolute atomic E-state index is 0.0920. The SMILES string of the molecule is CCOc1ccc(Nc2ncccc2C(=O)NC2CCNC(C)C2)cc1. The fourth-order valence-electron chi connectivity index (χ4n) is 3.15. The van der Waals surface area contributed by atoms with E-state index >= 15 is 0 Å². The molecule has 0 spiro atoms. The number of aromatic nitrogens is 1. The molecule has 2 atom stereocenters. The minimum atomic E-state index is -0.0920. The number of piperidine rings is 1. The minimum Gasteiger partial charge on any atom is -0.494 e. The second kappa shape index (κ2) is 8.67. The third-order valence-electron chi connectivity index (χ3n) is 4.44. The van der Waals surface area contributed by atoms with Crippen molar-refractivity contribution in [2.45, 2.75) is 38.8 Å². The van der Waals surface area contributed by atoms with E-state index in [2.05, 4.69) is 27.9 Å². The number of ether oxygens (including phenoxy) is 1. The molecule has 1 aromatic heterocycles. The highest BCUT2D eigenvalue weighted by atomic mass is 16.5. The van der Waals surface area contributed by atoms with Crippen LogP contribution in [0, 0.1) is 0 Å². The Hall–Kier alpha value is -2.60. The van der Waals surface area contributed by atoms with Gasteiger partial charge in [-0.1, -0.05) is 0 Å². The van der Waals surface area contributed by atoms with Crippen LogP contribution in [0.2, 0.25) is 0 Å². The number of rotatable bonds is 6. The first-order valence-corrected chi connectivity index (χ1v) is 9.15. The largest absolute Gasteiger partial charge is 0.494 e. The summed E-state index contributed by atoms with van der Waals surface area (Å²) < 4.78 is 5.45. The molecule has 3 N–H and O–H groups in total. The molecule has 2 unspecified atom stereocenters. The van der Waals surface area contributed by atoms with Crippen LogP contribution in [-0.2, 0) is 0 Å². The summed E-state index contributed by atoms with van der Waals surface area (Å²) in [6, 6.07) is 11.8. The summed E-state index contributed by atoms with van der Waals surface area (Å²) in [6.45, 7) is 5.65. The van der Waals surface area contributed by atoms with Crippen LogP contribution in [0.15, 0.2) is 42.6 Å². The van der Waals surface area contributed by atoms with Crippen LogP contribution in [0.25, 0.3) is 0 Å². The highest BCUT2D eigenvalue weighted by molar-refractivity contribution is 5.99. The molecule has 3 rings (SSSR count). The predicted octanol–water partition coefficient (Wildman–Crippen LogP) is 3.09. The number of hydrogen-bond donors (Lipinski definition) is 3. The fraction of sp³-hybridized carbons (Fsp3) is 0.400. The topological polar surface area (TPSA) is 75.3 Å². The summed E-state index contributed by atoms with van der Waals surface area (Å²) >= 11 is 0. The van der Waals surface area contributed by atoms with Gasteiger partial charge in [-0.3, -0.25) is 4.79 Å². The number of pyridine rings is 1. The zero-order valence-electron chi connectivity index (χ0n) is 15.3. The maximum atomic E-state index is 12.7. The lowest BCUT2D eigenvalue weighted by atomic mass is 10.0. The molecular formula is C20H26N4O2. The van der Waals surface area contributed by atoms with Crippen molar-refractivity contribution in [3.05, 3.63) is 48.2 Å². The lowest BCUT2D eigenvalue weighted by Crippen LogP contribution is -2.46. The average molecular weight is 354 g/mol. The standard InChI is InChI=1S/C20H26N4O2/c1-3-26-17-8-6-15(7-9-17)23-19-18(5-4-11-22-19)20(25)24-16-10-12-21-14(2)13-16/h4-9,11,14,16,21H,3,10,12-13H2,1-2H3,(H,22,23)(H,24,25). The van der Waals surface area contributed by atoms with Crippen molar-refractivity contribution in [3.63, 3.8) is 0 Å². The molecule has 2 heterocycles. The van der Waals surface area contributed by atoms with Crippen molar-refractivity contribution in [2.24, 2.45) is 0 Å². The number of anilines is 2. The van der Waals surface area contributed by atoms with Crippen LogP contribution in [0.5, 0.6) is 5.75 Å². The number of carbonyl (C=O) groups excluding carboxylic acids is 1. The second-order valence-corrected chi connectivity index (χ2v) is 6.53. The van der Waals surface area contributed by atoms with Gasteiger partial charge in [0.05, 0.1) is 12.2 Å². The molecule has 1 aliphatic heterocycles. The van der Waals surface area contributed by atoms with Gasteiger partial charge in [0.25, 0.3) is 5.91 Å². The first-order chi connectivity index (χ1) is 12.7. The number of nitrogens with zero attached hydrogens (tertiary/aromatic N) is 1. The maximum absolute atomic E-state index is 12.7. The summed E-state index contributed by atoms with van der Waals surface area (Å²) in [4.78, 5) is 17.1. The van der Waals surface area contributed by atoms with Crippen molar-refractivity contribution in [1.29, 1.82) is 0 Å². The first-order valence-electron chi connectivity index (χ1n) is 9.15. The second-order valence-electron chi connectivity index (χ2n) is 6.53. The lowest BCUT2D eigenvalue weighted by molar-refractivity contribution is 0.0926. The monoisotopic (exact) mass is 354 g/mol. The molecule has 0 saturated carbocycles. The van der Waals surface area contributed by atoms with E-state index < -0.39 is 0 Å². The van der Waals surface area contributed by atoms with Crippen LogP contribution in [0.1, 0.15) is 37.0 Å². The van der Waals surface area contributed by atoms with Crippen molar-refractivity contribution >= 4 is 17.4 Å². The van der Waals surface area contributed by atoms with Gasteiger partial charge in [0.1, 0.15) is 11.6 Å². The molecule has 1 saturated heterocycles. The molecule has 26 heavy (non-hydrogen) atoms. The van der Waals surface area contributed by atoms with E-state index in [-0.39, 0.29) is 11.9 Å². The summed E-state index contributed by atoms with van der Waals surface area (Å²) in [7, 11) is 0. The van der Waals surface area contributed by atoms with Crippen LogP contribution in [-0.4, -0.2) is 36.1 Å². The molecular weight excluding hydrogens is 328 g/mol. The quantitative estimate of drug-likeness (QED) is 0.743.